The largest absolute Gasteiger partial charge is 0.334 e. The third-order valence-electron chi connectivity index (χ3n) is 4.87. The number of carbonyl (C=O) groups is 1. The molecule has 1 amide bonds. The van der Waals surface area contributed by atoms with Crippen LogP contribution in [0.2, 0.25) is 0 Å². The monoisotopic (exact) mass is 299 g/mol. The van der Waals surface area contributed by atoms with Gasteiger partial charge in [0.15, 0.2) is 5.82 Å². The summed E-state index contributed by atoms with van der Waals surface area (Å²) in [5.41, 5.74) is 2.37. The highest BCUT2D eigenvalue weighted by Crippen LogP contribution is 2.45. The van der Waals surface area contributed by atoms with Gasteiger partial charge in [0.05, 0.1) is 5.92 Å². The number of nitrogens with one attached hydrogen (secondary N) is 2. The SMILES string of the molecule is CCCn1ccnc1[C@@H]1CC(=O)Nc2n[nH]c(C3CCC3)c21. The van der Waals surface area contributed by atoms with E-state index in [9.17, 15) is 4.79 Å². The number of aryl methyl sites for hydroxylation is 1. The van der Waals surface area contributed by atoms with Crippen LogP contribution in [0.4, 0.5) is 5.82 Å². The highest BCUT2D eigenvalue weighted by atomic mass is 16.1. The Balaban J connectivity index is 1.78. The molecule has 1 aliphatic heterocycles. The lowest BCUT2D eigenvalue weighted by molar-refractivity contribution is -0.116. The van der Waals surface area contributed by atoms with Crippen LogP contribution < -0.4 is 5.32 Å². The molecule has 0 spiro atoms. The van der Waals surface area contributed by atoms with E-state index in [0.717, 1.165) is 24.4 Å². The van der Waals surface area contributed by atoms with Crippen molar-refractivity contribution in [3.63, 3.8) is 0 Å². The summed E-state index contributed by atoms with van der Waals surface area (Å²) in [5, 5.41) is 10.4. The van der Waals surface area contributed by atoms with Crippen molar-refractivity contribution in [2.75, 3.05) is 5.32 Å². The molecule has 0 radical (unpaired) electrons. The molecule has 6 nitrogen and oxygen atoms in total. The summed E-state index contributed by atoms with van der Waals surface area (Å²) in [5.74, 6) is 2.28. The third kappa shape index (κ3) is 2.05. The summed E-state index contributed by atoms with van der Waals surface area (Å²) in [4.78, 5) is 16.6. The topological polar surface area (TPSA) is 75.6 Å². The number of hydrogen-bond donors (Lipinski definition) is 2. The molecule has 0 unspecified atom stereocenters. The lowest BCUT2D eigenvalue weighted by Crippen LogP contribution is -2.26. The van der Waals surface area contributed by atoms with Gasteiger partial charge < -0.3 is 9.88 Å². The summed E-state index contributed by atoms with van der Waals surface area (Å²) in [6.07, 6.45) is 9.04. The quantitative estimate of drug-likeness (QED) is 0.911. The van der Waals surface area contributed by atoms with Gasteiger partial charge in [0.1, 0.15) is 5.82 Å². The maximum absolute atomic E-state index is 12.1. The number of imidazole rings is 1. The Morgan fingerprint density at radius 3 is 3.00 bits per heavy atom. The van der Waals surface area contributed by atoms with Crippen LogP contribution in [-0.2, 0) is 11.3 Å². The van der Waals surface area contributed by atoms with Crippen molar-refractivity contribution >= 4 is 11.7 Å². The normalized spacial score (nSPS) is 21.3. The molecule has 22 heavy (non-hydrogen) atoms. The summed E-state index contributed by atoms with van der Waals surface area (Å²) >= 11 is 0. The van der Waals surface area contributed by atoms with Crippen LogP contribution in [0.5, 0.6) is 0 Å². The molecule has 1 aliphatic carbocycles. The standard InChI is InChI=1S/C16H21N5O/c1-2-7-21-8-6-17-16(21)11-9-12(22)18-15-13(11)14(19-20-15)10-4-3-5-10/h6,8,10-11H,2-5,7,9H2,1H3,(H2,18,19,20,22)/t11-/m1/s1. The third-order valence-corrected chi connectivity index (χ3v) is 4.87. The summed E-state index contributed by atoms with van der Waals surface area (Å²) in [7, 11) is 0. The Morgan fingerprint density at radius 1 is 1.41 bits per heavy atom. The maximum atomic E-state index is 12.1. The molecule has 0 bridgehead atoms. The first-order chi connectivity index (χ1) is 10.8. The molecule has 0 saturated heterocycles. The molecule has 2 aromatic heterocycles. The maximum Gasteiger partial charge on any atom is 0.226 e. The second kappa shape index (κ2) is 5.26. The van der Waals surface area contributed by atoms with Crippen molar-refractivity contribution in [1.82, 2.24) is 19.7 Å². The van der Waals surface area contributed by atoms with Crippen LogP contribution in [0.15, 0.2) is 12.4 Å². The minimum Gasteiger partial charge on any atom is -0.334 e. The Hall–Kier alpha value is -2.11. The Labute approximate surface area is 129 Å². The summed E-state index contributed by atoms with van der Waals surface area (Å²) in [6.45, 7) is 3.08. The summed E-state index contributed by atoms with van der Waals surface area (Å²) in [6, 6.07) is 0. The molecule has 3 heterocycles. The van der Waals surface area contributed by atoms with Crippen molar-refractivity contribution in [3.8, 4) is 0 Å². The van der Waals surface area contributed by atoms with Crippen molar-refractivity contribution in [2.45, 2.75) is 57.4 Å². The first kappa shape index (κ1) is 13.5. The van der Waals surface area contributed by atoms with E-state index < -0.39 is 0 Å². The second-order valence-corrected chi connectivity index (χ2v) is 6.31. The van der Waals surface area contributed by atoms with Gasteiger partial charge in [-0.2, -0.15) is 5.10 Å². The van der Waals surface area contributed by atoms with Gasteiger partial charge in [-0.15, -0.1) is 0 Å². The zero-order valence-electron chi connectivity index (χ0n) is 12.8. The molecule has 6 heteroatoms. The first-order valence-electron chi connectivity index (χ1n) is 8.17. The van der Waals surface area contributed by atoms with E-state index in [0.29, 0.717) is 18.2 Å². The molecule has 2 aromatic rings. The van der Waals surface area contributed by atoms with Crippen LogP contribution in [0, 0.1) is 0 Å². The molecule has 1 atom stereocenters. The average Bonchev–Trinajstić information content (AvgIpc) is 3.04. The fourth-order valence-corrected chi connectivity index (χ4v) is 3.57. The smallest absolute Gasteiger partial charge is 0.226 e. The highest BCUT2D eigenvalue weighted by molar-refractivity contribution is 5.94. The molecule has 1 fully saturated rings. The predicted molar refractivity (Wildman–Crippen MR) is 82.8 cm³/mol. The number of rotatable bonds is 4. The number of nitrogens with zero attached hydrogens (tertiary/aromatic N) is 3. The van der Waals surface area contributed by atoms with Gasteiger partial charge in [0.25, 0.3) is 0 Å². The Morgan fingerprint density at radius 2 is 2.27 bits per heavy atom. The van der Waals surface area contributed by atoms with Gasteiger partial charge in [-0.1, -0.05) is 13.3 Å². The van der Waals surface area contributed by atoms with Crippen molar-refractivity contribution < 1.29 is 4.79 Å². The molecular formula is C16H21N5O. The fourth-order valence-electron chi connectivity index (χ4n) is 3.57. The molecule has 1 saturated carbocycles. The van der Waals surface area contributed by atoms with E-state index >= 15 is 0 Å². The zero-order valence-corrected chi connectivity index (χ0v) is 12.8. The number of amides is 1. The minimum absolute atomic E-state index is 0.0136. The molecule has 2 N–H and O–H groups in total. The molecule has 2 aliphatic rings. The van der Waals surface area contributed by atoms with Crippen LogP contribution >= 0.6 is 0 Å². The Kier molecular flexibility index (Phi) is 3.24. The highest BCUT2D eigenvalue weighted by Gasteiger charge is 2.37. The Bertz CT molecular complexity index is 697. The van der Waals surface area contributed by atoms with Gasteiger partial charge in [-0.25, -0.2) is 4.98 Å². The number of fused-ring (bicyclic) bond motifs is 1. The van der Waals surface area contributed by atoms with Crippen molar-refractivity contribution in [3.05, 3.63) is 29.5 Å². The van der Waals surface area contributed by atoms with E-state index in [1.807, 2.05) is 12.4 Å². The van der Waals surface area contributed by atoms with Gasteiger partial charge >= 0.3 is 0 Å². The molecule has 4 rings (SSSR count). The second-order valence-electron chi connectivity index (χ2n) is 6.31. The van der Waals surface area contributed by atoms with Crippen LogP contribution in [0.25, 0.3) is 0 Å². The lowest BCUT2D eigenvalue weighted by Gasteiger charge is -2.29. The van der Waals surface area contributed by atoms with Gasteiger partial charge in [-0.3, -0.25) is 9.89 Å². The number of H-pyrrole nitrogens is 1. The first-order valence-corrected chi connectivity index (χ1v) is 8.17. The predicted octanol–water partition coefficient (Wildman–Crippen LogP) is 2.76. The van der Waals surface area contributed by atoms with E-state index in [1.54, 1.807) is 0 Å². The van der Waals surface area contributed by atoms with Crippen molar-refractivity contribution in [1.29, 1.82) is 0 Å². The average molecular weight is 299 g/mol. The van der Waals surface area contributed by atoms with E-state index in [4.69, 9.17) is 0 Å². The number of aromatic amines is 1. The van der Waals surface area contributed by atoms with Gasteiger partial charge in [-0.05, 0) is 19.3 Å². The van der Waals surface area contributed by atoms with Gasteiger partial charge in [0, 0.05) is 42.5 Å². The van der Waals surface area contributed by atoms with Crippen molar-refractivity contribution in [2.24, 2.45) is 0 Å². The van der Waals surface area contributed by atoms with Gasteiger partial charge in [0.2, 0.25) is 5.91 Å². The van der Waals surface area contributed by atoms with Crippen LogP contribution in [0.1, 0.15) is 67.9 Å². The molecular weight excluding hydrogens is 278 g/mol. The number of anilines is 1. The molecule has 0 aromatic carbocycles. The number of hydrogen-bond acceptors (Lipinski definition) is 3. The zero-order chi connectivity index (χ0) is 15.1. The summed E-state index contributed by atoms with van der Waals surface area (Å²) < 4.78 is 2.17. The lowest BCUT2D eigenvalue weighted by atomic mass is 9.78. The number of carbonyl (C=O) groups excluding carboxylic acids is 1. The fraction of sp³-hybridized carbons (Fsp3) is 0.562. The van der Waals surface area contributed by atoms with E-state index in [1.165, 1.54) is 25.0 Å². The molecule has 116 valence electrons. The van der Waals surface area contributed by atoms with Crippen LogP contribution in [0.3, 0.4) is 0 Å². The number of aromatic nitrogens is 4. The van der Waals surface area contributed by atoms with E-state index in [-0.39, 0.29) is 11.8 Å². The minimum atomic E-state index is 0.0136. The van der Waals surface area contributed by atoms with Crippen LogP contribution in [-0.4, -0.2) is 25.7 Å². The van der Waals surface area contributed by atoms with E-state index in [2.05, 4.69) is 32.0 Å².